The molecule has 0 aliphatic rings. The highest BCUT2D eigenvalue weighted by Gasteiger charge is 2.17. The van der Waals surface area contributed by atoms with Gasteiger partial charge >= 0.3 is 0 Å². The lowest BCUT2D eigenvalue weighted by Gasteiger charge is -2.26. The van der Waals surface area contributed by atoms with Gasteiger partial charge in [0, 0.05) is 44.3 Å². The molecule has 0 radical (unpaired) electrons. The van der Waals surface area contributed by atoms with Crippen LogP contribution >= 0.6 is 0 Å². The van der Waals surface area contributed by atoms with Crippen molar-refractivity contribution in [1.29, 1.82) is 0 Å². The van der Waals surface area contributed by atoms with Gasteiger partial charge in [0.25, 0.3) is 0 Å². The van der Waals surface area contributed by atoms with Gasteiger partial charge in [0.1, 0.15) is 11.2 Å². The molecule has 12 rings (SSSR count). The quantitative estimate of drug-likeness (QED) is 0.153. The smallest absolute Gasteiger partial charge is 0.135 e. The molecule has 0 spiro atoms. The third-order valence-electron chi connectivity index (χ3n) is 12.4. The van der Waals surface area contributed by atoms with Gasteiger partial charge in [0.2, 0.25) is 0 Å². The van der Waals surface area contributed by atoms with Gasteiger partial charge in [0.15, 0.2) is 0 Å². The molecule has 63 heavy (non-hydrogen) atoms. The van der Waals surface area contributed by atoms with Crippen molar-refractivity contribution in [2.75, 3.05) is 4.90 Å². The molecule has 0 unspecified atom stereocenters. The number of rotatable bonds is 8. The van der Waals surface area contributed by atoms with E-state index in [2.05, 4.69) is 240 Å². The van der Waals surface area contributed by atoms with E-state index in [-0.39, 0.29) is 0 Å². The molecule has 0 aliphatic heterocycles. The van der Waals surface area contributed by atoms with Gasteiger partial charge < -0.3 is 13.9 Å². The van der Waals surface area contributed by atoms with E-state index in [1.165, 1.54) is 55.2 Å². The molecule has 2 aromatic heterocycles. The van der Waals surface area contributed by atoms with Crippen molar-refractivity contribution in [3.8, 4) is 50.2 Å². The normalized spacial score (nSPS) is 11.5. The highest BCUT2D eigenvalue weighted by atomic mass is 16.3. The lowest BCUT2D eigenvalue weighted by Crippen LogP contribution is -2.09. The van der Waals surface area contributed by atoms with E-state index in [1.54, 1.807) is 0 Å². The second-order valence-corrected chi connectivity index (χ2v) is 16.2. The Morgan fingerprint density at radius 2 is 0.667 bits per heavy atom. The Labute approximate surface area is 366 Å². The average molecular weight is 805 g/mol. The van der Waals surface area contributed by atoms with Crippen LogP contribution < -0.4 is 4.90 Å². The van der Waals surface area contributed by atoms with Crippen LogP contribution in [0.25, 0.3) is 93.9 Å². The lowest BCUT2D eigenvalue weighted by atomic mass is 9.93. The zero-order valence-electron chi connectivity index (χ0n) is 34.4. The minimum absolute atomic E-state index is 0.877. The number of fused-ring (bicyclic) bond motifs is 6. The fourth-order valence-corrected chi connectivity index (χ4v) is 9.30. The second-order valence-electron chi connectivity index (χ2n) is 16.2. The van der Waals surface area contributed by atoms with E-state index < -0.39 is 0 Å². The highest BCUT2D eigenvalue weighted by Crippen LogP contribution is 2.41. The fraction of sp³-hybridized carbons (Fsp3) is 0. The maximum absolute atomic E-state index is 6.27. The molecule has 12 aromatic rings. The van der Waals surface area contributed by atoms with Crippen LogP contribution in [-0.2, 0) is 0 Å². The van der Waals surface area contributed by atoms with Crippen molar-refractivity contribution in [3.63, 3.8) is 0 Å². The Bertz CT molecular complexity index is 3470. The summed E-state index contributed by atoms with van der Waals surface area (Å²) in [5.41, 5.74) is 18.0. The Balaban J connectivity index is 0.924. The van der Waals surface area contributed by atoms with Crippen molar-refractivity contribution in [1.82, 2.24) is 4.57 Å². The molecule has 3 heteroatoms. The summed E-state index contributed by atoms with van der Waals surface area (Å²) in [7, 11) is 0. The molecule has 0 N–H and O–H groups in total. The number of anilines is 3. The first-order valence-corrected chi connectivity index (χ1v) is 21.5. The summed E-state index contributed by atoms with van der Waals surface area (Å²) in [4.78, 5) is 2.34. The summed E-state index contributed by atoms with van der Waals surface area (Å²) in [5, 5.41) is 4.73. The molecule has 2 heterocycles. The van der Waals surface area contributed by atoms with E-state index in [0.29, 0.717) is 0 Å². The number of benzene rings is 10. The van der Waals surface area contributed by atoms with E-state index in [0.717, 1.165) is 55.8 Å². The Kier molecular flexibility index (Phi) is 8.83. The SMILES string of the molecule is c1ccc(-c2cc(-c3ccccc3)cc(-c3ccc(N(c4ccc(-c5ccc(-n6c7ccccc7c7ccccc76)cc5)cc4)c4ccc5oc6ccccc6c5c4)cc3)c2)cc1. The monoisotopic (exact) mass is 804 g/mol. The van der Waals surface area contributed by atoms with Gasteiger partial charge in [-0.15, -0.1) is 0 Å². The van der Waals surface area contributed by atoms with Crippen LogP contribution in [0.4, 0.5) is 17.1 Å². The first-order valence-electron chi connectivity index (χ1n) is 21.5. The topological polar surface area (TPSA) is 21.3 Å². The Hall–Kier alpha value is -8.40. The number of hydrogen-bond acceptors (Lipinski definition) is 2. The third-order valence-corrected chi connectivity index (χ3v) is 12.4. The van der Waals surface area contributed by atoms with Crippen LogP contribution in [0.15, 0.2) is 247 Å². The summed E-state index contributed by atoms with van der Waals surface area (Å²) in [6.45, 7) is 0. The molecule has 0 aliphatic carbocycles. The molecule has 10 aromatic carbocycles. The van der Waals surface area contributed by atoms with Crippen molar-refractivity contribution >= 4 is 60.8 Å². The van der Waals surface area contributed by atoms with Gasteiger partial charge in [-0.2, -0.15) is 0 Å². The van der Waals surface area contributed by atoms with Crippen molar-refractivity contribution < 1.29 is 4.42 Å². The summed E-state index contributed by atoms with van der Waals surface area (Å²) in [5.74, 6) is 0. The minimum atomic E-state index is 0.877. The summed E-state index contributed by atoms with van der Waals surface area (Å²) >= 11 is 0. The molecule has 0 amide bonds. The molecule has 0 fully saturated rings. The first-order chi connectivity index (χ1) is 31.2. The van der Waals surface area contributed by atoms with E-state index in [4.69, 9.17) is 4.42 Å². The van der Waals surface area contributed by atoms with E-state index >= 15 is 0 Å². The van der Waals surface area contributed by atoms with Crippen molar-refractivity contribution in [2.24, 2.45) is 0 Å². The fourth-order valence-electron chi connectivity index (χ4n) is 9.30. The first kappa shape index (κ1) is 36.5. The lowest BCUT2D eigenvalue weighted by molar-refractivity contribution is 0.669. The maximum Gasteiger partial charge on any atom is 0.135 e. The zero-order valence-corrected chi connectivity index (χ0v) is 34.4. The Morgan fingerprint density at radius 3 is 1.21 bits per heavy atom. The van der Waals surface area contributed by atoms with Gasteiger partial charge in [-0.05, 0) is 136 Å². The van der Waals surface area contributed by atoms with Crippen LogP contribution in [-0.4, -0.2) is 4.57 Å². The number of furan rings is 1. The highest BCUT2D eigenvalue weighted by molar-refractivity contribution is 6.09. The summed E-state index contributed by atoms with van der Waals surface area (Å²) < 4.78 is 8.63. The number of aromatic nitrogens is 1. The molecule has 0 bridgehead atoms. The standard InChI is InChI=1S/C60H40N2O/c1-3-13-41(14-4-1)46-37-47(42-15-5-2-6-16-42)39-48(38-46)45-27-31-50(32-28-45)61(52-35-36-60-56(40-52)55-19-9-12-22-59(55)63-60)49-29-23-43(24-30-49)44-25-33-51(34-26-44)62-57-20-10-7-17-53(57)54-18-8-11-21-58(54)62/h1-40H. The minimum Gasteiger partial charge on any atom is -0.456 e. The number of nitrogens with zero attached hydrogens (tertiary/aromatic N) is 2. The molecular formula is C60H40N2O. The van der Waals surface area contributed by atoms with Crippen LogP contribution in [0.5, 0.6) is 0 Å². The van der Waals surface area contributed by atoms with E-state index in [1.807, 2.05) is 12.1 Å². The number of para-hydroxylation sites is 3. The molecule has 3 nitrogen and oxygen atoms in total. The third kappa shape index (κ3) is 6.55. The molecule has 0 saturated heterocycles. The predicted octanol–water partition coefficient (Wildman–Crippen LogP) is 16.8. The van der Waals surface area contributed by atoms with Crippen LogP contribution in [0.3, 0.4) is 0 Å². The molecular weight excluding hydrogens is 765 g/mol. The predicted molar refractivity (Wildman–Crippen MR) is 264 cm³/mol. The molecule has 0 atom stereocenters. The van der Waals surface area contributed by atoms with Crippen LogP contribution in [0, 0.1) is 0 Å². The van der Waals surface area contributed by atoms with Crippen LogP contribution in [0.1, 0.15) is 0 Å². The number of hydrogen-bond donors (Lipinski definition) is 0. The van der Waals surface area contributed by atoms with Gasteiger partial charge in [0.05, 0.1) is 11.0 Å². The maximum atomic E-state index is 6.27. The van der Waals surface area contributed by atoms with Gasteiger partial charge in [-0.25, -0.2) is 0 Å². The van der Waals surface area contributed by atoms with Crippen molar-refractivity contribution in [3.05, 3.63) is 243 Å². The average Bonchev–Trinajstić information content (AvgIpc) is 3.91. The molecule has 0 saturated carbocycles. The largest absolute Gasteiger partial charge is 0.456 e. The van der Waals surface area contributed by atoms with E-state index in [9.17, 15) is 0 Å². The summed E-state index contributed by atoms with van der Waals surface area (Å²) in [6.07, 6.45) is 0. The second kappa shape index (κ2) is 15.3. The van der Waals surface area contributed by atoms with Gasteiger partial charge in [-0.1, -0.05) is 152 Å². The zero-order chi connectivity index (χ0) is 41.7. The summed E-state index contributed by atoms with van der Waals surface area (Å²) in [6, 6.07) is 87.2. The Morgan fingerprint density at radius 1 is 0.270 bits per heavy atom. The molecule has 296 valence electrons. The van der Waals surface area contributed by atoms with Gasteiger partial charge in [-0.3, -0.25) is 0 Å². The van der Waals surface area contributed by atoms with Crippen molar-refractivity contribution in [2.45, 2.75) is 0 Å². The van der Waals surface area contributed by atoms with Crippen LogP contribution in [0.2, 0.25) is 0 Å².